The average Bonchev–Trinajstić information content (AvgIpc) is 3.26. The number of anilines is 1. The van der Waals surface area contributed by atoms with Crippen molar-refractivity contribution in [1.82, 2.24) is 29.6 Å². The molecule has 10 heteroatoms. The average molecular weight is 476 g/mol. The minimum atomic E-state index is -0.0821. The number of carbonyl (C=O) groups is 1. The monoisotopic (exact) mass is 475 g/mol. The van der Waals surface area contributed by atoms with Crippen LogP contribution in [-0.2, 0) is 4.79 Å². The van der Waals surface area contributed by atoms with Crippen molar-refractivity contribution in [3.05, 3.63) is 66.6 Å². The van der Waals surface area contributed by atoms with Gasteiger partial charge in [-0.15, -0.1) is 0 Å². The van der Waals surface area contributed by atoms with Crippen LogP contribution in [0.5, 0.6) is 11.6 Å². The molecule has 1 aromatic carbocycles. The van der Waals surface area contributed by atoms with Gasteiger partial charge in [0, 0.05) is 30.9 Å². The van der Waals surface area contributed by atoms with E-state index in [0.29, 0.717) is 52.3 Å². The normalized spacial score (nSPS) is 15.9. The van der Waals surface area contributed by atoms with E-state index in [4.69, 9.17) is 27.2 Å². The third kappa shape index (κ3) is 4.17. The number of nitrogen functional groups attached to an aromatic ring is 1. The fourth-order valence-corrected chi connectivity index (χ4v) is 4.27. The molecule has 9 nitrogen and oxygen atoms in total. The molecule has 3 aromatic heterocycles. The smallest absolute Gasteiger partial charge is 0.246 e. The number of benzene rings is 1. The van der Waals surface area contributed by atoms with Gasteiger partial charge in [0.15, 0.2) is 5.65 Å². The summed E-state index contributed by atoms with van der Waals surface area (Å²) in [4.78, 5) is 26.8. The maximum atomic E-state index is 12.2. The molecule has 0 spiro atoms. The molecular formula is C24H22ClN7O2. The molecule has 1 aliphatic rings. The molecule has 0 bridgehead atoms. The topological polar surface area (TPSA) is 112 Å². The zero-order valence-corrected chi connectivity index (χ0v) is 19.0. The first kappa shape index (κ1) is 21.8. The molecule has 1 amide bonds. The summed E-state index contributed by atoms with van der Waals surface area (Å²) in [6.45, 7) is 4.84. The van der Waals surface area contributed by atoms with E-state index in [9.17, 15) is 4.79 Å². The van der Waals surface area contributed by atoms with Gasteiger partial charge in [0.2, 0.25) is 11.8 Å². The minimum absolute atomic E-state index is 0.0261. The van der Waals surface area contributed by atoms with E-state index < -0.39 is 0 Å². The number of hydrogen-bond donors (Lipinski definition) is 1. The highest BCUT2D eigenvalue weighted by Gasteiger charge is 2.28. The molecule has 0 aliphatic carbocycles. The molecule has 34 heavy (non-hydrogen) atoms. The molecule has 4 heterocycles. The Kier molecular flexibility index (Phi) is 5.85. The molecule has 1 fully saturated rings. The molecule has 4 aromatic rings. The van der Waals surface area contributed by atoms with Crippen LogP contribution >= 0.6 is 11.6 Å². The molecule has 5 rings (SSSR count). The van der Waals surface area contributed by atoms with Crippen molar-refractivity contribution in [2.24, 2.45) is 0 Å². The molecule has 0 radical (unpaired) electrons. The van der Waals surface area contributed by atoms with Gasteiger partial charge < -0.3 is 15.4 Å². The van der Waals surface area contributed by atoms with Gasteiger partial charge in [0.1, 0.15) is 23.6 Å². The third-order valence-electron chi connectivity index (χ3n) is 5.80. The number of hydrogen-bond acceptors (Lipinski definition) is 7. The van der Waals surface area contributed by atoms with Crippen LogP contribution in [0.3, 0.4) is 0 Å². The molecule has 1 saturated heterocycles. The van der Waals surface area contributed by atoms with Crippen LogP contribution in [-0.4, -0.2) is 48.6 Å². The number of aromatic nitrogens is 5. The van der Waals surface area contributed by atoms with E-state index in [1.807, 2.05) is 28.9 Å². The summed E-state index contributed by atoms with van der Waals surface area (Å²) >= 11 is 5.88. The summed E-state index contributed by atoms with van der Waals surface area (Å²) in [7, 11) is 0. The number of halogens is 1. The fraction of sp³-hybridized carbons (Fsp3) is 0.208. The number of carbonyl (C=O) groups excluding carboxylic acids is 1. The van der Waals surface area contributed by atoms with Crippen molar-refractivity contribution in [1.29, 1.82) is 0 Å². The summed E-state index contributed by atoms with van der Waals surface area (Å²) in [5.74, 6) is 1.34. The number of rotatable bonds is 5. The predicted molar refractivity (Wildman–Crippen MR) is 130 cm³/mol. The highest BCUT2D eigenvalue weighted by atomic mass is 35.5. The maximum absolute atomic E-state index is 12.2. The standard InChI is InChI=1S/C24H22ClN7O2/c1-2-20(33)31-11-3-4-17(13-31)32-24-21(23(26)28-14-29-24)22(30-32)15-5-8-18(9-6-15)34-19-10-7-16(25)12-27-19/h2,5-10,12,14,17H,1,3-4,11,13H2,(H2,26,28,29)/t17-/m0/s1. The zero-order chi connectivity index (χ0) is 23.7. The van der Waals surface area contributed by atoms with Crippen molar-refractivity contribution in [2.45, 2.75) is 18.9 Å². The van der Waals surface area contributed by atoms with Crippen molar-refractivity contribution in [3.63, 3.8) is 0 Å². The highest BCUT2D eigenvalue weighted by Crippen LogP contribution is 2.34. The zero-order valence-electron chi connectivity index (χ0n) is 18.3. The predicted octanol–water partition coefficient (Wildman–Crippen LogP) is 4.27. The molecule has 0 unspecified atom stereocenters. The summed E-state index contributed by atoms with van der Waals surface area (Å²) in [6, 6.07) is 10.9. The van der Waals surface area contributed by atoms with Gasteiger partial charge in [-0.2, -0.15) is 5.10 Å². The Morgan fingerprint density at radius 1 is 1.18 bits per heavy atom. The molecular weight excluding hydrogens is 454 g/mol. The van der Waals surface area contributed by atoms with E-state index in [1.54, 1.807) is 17.0 Å². The summed E-state index contributed by atoms with van der Waals surface area (Å²) in [5.41, 5.74) is 8.42. The van der Waals surface area contributed by atoms with Gasteiger partial charge in [-0.25, -0.2) is 19.6 Å². The van der Waals surface area contributed by atoms with Gasteiger partial charge >= 0.3 is 0 Å². The number of piperidine rings is 1. The van der Waals surface area contributed by atoms with E-state index in [0.717, 1.165) is 18.4 Å². The summed E-state index contributed by atoms with van der Waals surface area (Å²) in [6.07, 6.45) is 6.06. The number of nitrogens with zero attached hydrogens (tertiary/aromatic N) is 6. The van der Waals surface area contributed by atoms with Crippen LogP contribution in [0, 0.1) is 0 Å². The van der Waals surface area contributed by atoms with E-state index >= 15 is 0 Å². The van der Waals surface area contributed by atoms with Crippen molar-refractivity contribution in [2.75, 3.05) is 18.8 Å². The SMILES string of the molecule is C=CC(=O)N1CCC[C@H](n2nc(-c3ccc(Oc4ccc(Cl)cn4)cc3)c3c(N)ncnc32)C1. The molecule has 172 valence electrons. The van der Waals surface area contributed by atoms with Crippen LogP contribution in [0.2, 0.25) is 5.02 Å². The number of nitrogens with two attached hydrogens (primary N) is 1. The maximum Gasteiger partial charge on any atom is 0.246 e. The Balaban J connectivity index is 1.48. The van der Waals surface area contributed by atoms with Crippen LogP contribution in [0.1, 0.15) is 18.9 Å². The molecule has 1 atom stereocenters. The van der Waals surface area contributed by atoms with Crippen LogP contribution < -0.4 is 10.5 Å². The molecule has 0 saturated carbocycles. The van der Waals surface area contributed by atoms with Crippen molar-refractivity contribution in [3.8, 4) is 22.9 Å². The molecule has 2 N–H and O–H groups in total. The van der Waals surface area contributed by atoms with Crippen LogP contribution in [0.25, 0.3) is 22.3 Å². The number of ether oxygens (including phenoxy) is 1. The van der Waals surface area contributed by atoms with E-state index in [2.05, 4.69) is 21.5 Å². The summed E-state index contributed by atoms with van der Waals surface area (Å²) in [5, 5.41) is 6.11. The van der Waals surface area contributed by atoms with Crippen molar-refractivity contribution < 1.29 is 9.53 Å². The number of likely N-dealkylation sites (tertiary alicyclic amines) is 1. The lowest BCUT2D eigenvalue weighted by molar-refractivity contribution is -0.127. The quantitative estimate of drug-likeness (QED) is 0.429. The first-order chi connectivity index (χ1) is 16.5. The van der Waals surface area contributed by atoms with Gasteiger partial charge in [0.05, 0.1) is 16.5 Å². The highest BCUT2D eigenvalue weighted by molar-refractivity contribution is 6.30. The Morgan fingerprint density at radius 2 is 2.00 bits per heavy atom. The third-order valence-corrected chi connectivity index (χ3v) is 6.02. The second-order valence-corrected chi connectivity index (χ2v) is 8.41. The largest absolute Gasteiger partial charge is 0.439 e. The lowest BCUT2D eigenvalue weighted by Gasteiger charge is -2.32. The Labute approximate surface area is 200 Å². The summed E-state index contributed by atoms with van der Waals surface area (Å²) < 4.78 is 7.66. The van der Waals surface area contributed by atoms with Crippen LogP contribution in [0.4, 0.5) is 5.82 Å². The Morgan fingerprint density at radius 3 is 2.74 bits per heavy atom. The van der Waals surface area contributed by atoms with E-state index in [-0.39, 0.29) is 11.9 Å². The van der Waals surface area contributed by atoms with Gasteiger partial charge in [-0.1, -0.05) is 18.2 Å². The van der Waals surface area contributed by atoms with Crippen LogP contribution in [0.15, 0.2) is 61.6 Å². The lowest BCUT2D eigenvalue weighted by atomic mass is 10.1. The Hall–Kier alpha value is -3.98. The van der Waals surface area contributed by atoms with Gasteiger partial charge in [-0.3, -0.25) is 4.79 Å². The Bertz CT molecular complexity index is 1350. The molecule has 1 aliphatic heterocycles. The number of fused-ring (bicyclic) bond motifs is 1. The van der Waals surface area contributed by atoms with Crippen molar-refractivity contribution >= 4 is 34.4 Å². The number of pyridine rings is 1. The second kappa shape index (κ2) is 9.11. The first-order valence-corrected chi connectivity index (χ1v) is 11.2. The minimum Gasteiger partial charge on any atom is -0.439 e. The second-order valence-electron chi connectivity index (χ2n) is 7.98. The lowest BCUT2D eigenvalue weighted by Crippen LogP contribution is -2.40. The van der Waals surface area contributed by atoms with Gasteiger partial charge in [0.25, 0.3) is 0 Å². The fourth-order valence-electron chi connectivity index (χ4n) is 4.16. The first-order valence-electron chi connectivity index (χ1n) is 10.8. The number of amides is 1. The van der Waals surface area contributed by atoms with E-state index in [1.165, 1.54) is 18.6 Å². The van der Waals surface area contributed by atoms with Gasteiger partial charge in [-0.05, 0) is 49.2 Å².